The minimum absolute atomic E-state index is 0.0521. The lowest BCUT2D eigenvalue weighted by Gasteiger charge is -2.32. The Morgan fingerprint density at radius 2 is 2.00 bits per heavy atom. The summed E-state index contributed by atoms with van der Waals surface area (Å²) in [6.07, 6.45) is 3.62. The SMILES string of the molecule is COC(=O)N1CCC(NC(=NCC(=O)N(C)C)NCC2CCCO2)CC1. The van der Waals surface area contributed by atoms with Crippen LogP contribution in [0.3, 0.4) is 0 Å². The zero-order valence-corrected chi connectivity index (χ0v) is 16.0. The lowest BCUT2D eigenvalue weighted by molar-refractivity contribution is -0.127. The van der Waals surface area contributed by atoms with E-state index in [0.29, 0.717) is 25.6 Å². The van der Waals surface area contributed by atoms with E-state index in [0.717, 1.165) is 32.3 Å². The van der Waals surface area contributed by atoms with Crippen molar-refractivity contribution in [2.24, 2.45) is 4.99 Å². The molecule has 0 aromatic carbocycles. The van der Waals surface area contributed by atoms with Gasteiger partial charge in [0, 0.05) is 46.4 Å². The molecule has 0 radical (unpaired) electrons. The van der Waals surface area contributed by atoms with Gasteiger partial charge in [-0.2, -0.15) is 0 Å². The number of carbonyl (C=O) groups excluding carboxylic acids is 2. The smallest absolute Gasteiger partial charge is 0.409 e. The van der Waals surface area contributed by atoms with Gasteiger partial charge in [0.15, 0.2) is 5.96 Å². The van der Waals surface area contributed by atoms with E-state index >= 15 is 0 Å². The Hall–Kier alpha value is -2.03. The number of nitrogens with zero attached hydrogens (tertiary/aromatic N) is 3. The molecule has 2 N–H and O–H groups in total. The number of aliphatic imine (C=N–C) groups is 1. The van der Waals surface area contributed by atoms with Gasteiger partial charge in [-0.05, 0) is 25.7 Å². The van der Waals surface area contributed by atoms with E-state index in [9.17, 15) is 9.59 Å². The molecule has 9 nitrogen and oxygen atoms in total. The standard InChI is InChI=1S/C17H31N5O4/c1-21(2)15(23)12-19-16(18-11-14-5-4-10-26-14)20-13-6-8-22(9-7-13)17(24)25-3/h13-14H,4-12H2,1-3H3,(H2,18,19,20). The highest BCUT2D eigenvalue weighted by atomic mass is 16.5. The number of likely N-dealkylation sites (N-methyl/N-ethyl adjacent to an activating group) is 1. The van der Waals surface area contributed by atoms with E-state index in [1.54, 1.807) is 19.0 Å². The molecule has 2 saturated heterocycles. The first-order chi connectivity index (χ1) is 12.5. The van der Waals surface area contributed by atoms with Crippen molar-refractivity contribution in [1.82, 2.24) is 20.4 Å². The first-order valence-corrected chi connectivity index (χ1v) is 9.19. The molecule has 1 atom stereocenters. The minimum Gasteiger partial charge on any atom is -0.453 e. The summed E-state index contributed by atoms with van der Waals surface area (Å²) in [5.74, 6) is 0.566. The summed E-state index contributed by atoms with van der Waals surface area (Å²) < 4.78 is 10.4. The third kappa shape index (κ3) is 6.36. The van der Waals surface area contributed by atoms with Crippen LogP contribution in [0.1, 0.15) is 25.7 Å². The number of guanidine groups is 1. The molecule has 148 valence electrons. The Labute approximate surface area is 155 Å². The van der Waals surface area contributed by atoms with Crippen LogP contribution in [0.25, 0.3) is 0 Å². The molecule has 0 aromatic heterocycles. The van der Waals surface area contributed by atoms with Crippen molar-refractivity contribution in [2.45, 2.75) is 37.8 Å². The molecule has 1 unspecified atom stereocenters. The van der Waals surface area contributed by atoms with Gasteiger partial charge in [-0.15, -0.1) is 0 Å². The third-order valence-electron chi connectivity index (χ3n) is 4.66. The number of nitrogens with one attached hydrogen (secondary N) is 2. The summed E-state index contributed by atoms with van der Waals surface area (Å²) >= 11 is 0. The van der Waals surface area contributed by atoms with Crippen LogP contribution in [0, 0.1) is 0 Å². The summed E-state index contributed by atoms with van der Waals surface area (Å²) in [6, 6.07) is 0.195. The number of carbonyl (C=O) groups is 2. The van der Waals surface area contributed by atoms with Gasteiger partial charge in [-0.1, -0.05) is 0 Å². The monoisotopic (exact) mass is 369 g/mol. The number of piperidine rings is 1. The van der Waals surface area contributed by atoms with Crippen molar-refractivity contribution in [2.75, 3.05) is 54.0 Å². The van der Waals surface area contributed by atoms with Crippen molar-refractivity contribution in [3.63, 3.8) is 0 Å². The van der Waals surface area contributed by atoms with Gasteiger partial charge in [0.1, 0.15) is 6.54 Å². The number of hydrogen-bond donors (Lipinski definition) is 2. The highest BCUT2D eigenvalue weighted by molar-refractivity contribution is 5.85. The van der Waals surface area contributed by atoms with Gasteiger partial charge in [-0.3, -0.25) is 4.79 Å². The Morgan fingerprint density at radius 1 is 1.27 bits per heavy atom. The molecule has 2 fully saturated rings. The number of hydrogen-bond acceptors (Lipinski definition) is 5. The average Bonchev–Trinajstić information content (AvgIpc) is 3.17. The van der Waals surface area contributed by atoms with Crippen LogP contribution in [-0.2, 0) is 14.3 Å². The first-order valence-electron chi connectivity index (χ1n) is 9.19. The van der Waals surface area contributed by atoms with Gasteiger partial charge in [0.25, 0.3) is 0 Å². The zero-order chi connectivity index (χ0) is 18.9. The fourth-order valence-electron chi connectivity index (χ4n) is 2.99. The van der Waals surface area contributed by atoms with E-state index in [1.165, 1.54) is 12.0 Å². The number of likely N-dealkylation sites (tertiary alicyclic amines) is 1. The van der Waals surface area contributed by atoms with Crippen molar-refractivity contribution in [3.05, 3.63) is 0 Å². The first kappa shape index (κ1) is 20.3. The third-order valence-corrected chi connectivity index (χ3v) is 4.66. The fraction of sp³-hybridized carbons (Fsp3) is 0.824. The van der Waals surface area contributed by atoms with Crippen LogP contribution >= 0.6 is 0 Å². The maximum atomic E-state index is 11.8. The Kier molecular flexibility index (Phi) is 7.96. The Bertz CT molecular complexity index is 497. The molecule has 2 heterocycles. The predicted molar refractivity (Wildman–Crippen MR) is 98.1 cm³/mol. The topological polar surface area (TPSA) is 95.5 Å². The molecular formula is C17H31N5O4. The fourth-order valence-corrected chi connectivity index (χ4v) is 2.99. The highest BCUT2D eigenvalue weighted by Crippen LogP contribution is 2.12. The molecule has 26 heavy (non-hydrogen) atoms. The molecule has 0 saturated carbocycles. The Morgan fingerprint density at radius 3 is 2.58 bits per heavy atom. The maximum absolute atomic E-state index is 11.8. The van der Waals surface area contributed by atoms with Crippen LogP contribution in [0.2, 0.25) is 0 Å². The van der Waals surface area contributed by atoms with Gasteiger partial charge in [0.2, 0.25) is 5.91 Å². The number of methoxy groups -OCH3 is 1. The van der Waals surface area contributed by atoms with Crippen LogP contribution in [0.15, 0.2) is 4.99 Å². The molecule has 2 aliphatic rings. The van der Waals surface area contributed by atoms with Crippen LogP contribution in [-0.4, -0.2) is 93.9 Å². The highest BCUT2D eigenvalue weighted by Gasteiger charge is 2.24. The second-order valence-electron chi connectivity index (χ2n) is 6.84. The van der Waals surface area contributed by atoms with E-state index in [1.807, 2.05) is 0 Å². The van der Waals surface area contributed by atoms with Crippen LogP contribution in [0.5, 0.6) is 0 Å². The summed E-state index contributed by atoms with van der Waals surface area (Å²) in [5.41, 5.74) is 0. The molecular weight excluding hydrogens is 338 g/mol. The van der Waals surface area contributed by atoms with Crippen molar-refractivity contribution in [1.29, 1.82) is 0 Å². The number of amides is 2. The van der Waals surface area contributed by atoms with Gasteiger partial charge < -0.3 is 29.9 Å². The van der Waals surface area contributed by atoms with Gasteiger partial charge in [-0.25, -0.2) is 9.79 Å². The molecule has 0 aliphatic carbocycles. The van der Waals surface area contributed by atoms with E-state index in [-0.39, 0.29) is 30.7 Å². The normalized spacial score (nSPS) is 21.4. The zero-order valence-electron chi connectivity index (χ0n) is 16.0. The second-order valence-corrected chi connectivity index (χ2v) is 6.84. The van der Waals surface area contributed by atoms with Crippen molar-refractivity contribution >= 4 is 18.0 Å². The average molecular weight is 369 g/mol. The maximum Gasteiger partial charge on any atom is 0.409 e. The quantitative estimate of drug-likeness (QED) is 0.524. The van der Waals surface area contributed by atoms with Crippen LogP contribution < -0.4 is 10.6 Å². The lowest BCUT2D eigenvalue weighted by atomic mass is 10.1. The van der Waals surface area contributed by atoms with E-state index in [4.69, 9.17) is 9.47 Å². The van der Waals surface area contributed by atoms with Crippen molar-refractivity contribution in [3.8, 4) is 0 Å². The minimum atomic E-state index is -0.287. The molecule has 2 aliphatic heterocycles. The van der Waals surface area contributed by atoms with Crippen LogP contribution in [0.4, 0.5) is 4.79 Å². The predicted octanol–water partition coefficient (Wildman–Crippen LogP) is 0.0196. The van der Waals surface area contributed by atoms with E-state index < -0.39 is 0 Å². The molecule has 9 heteroatoms. The van der Waals surface area contributed by atoms with Gasteiger partial charge in [0.05, 0.1) is 13.2 Å². The number of ether oxygens (including phenoxy) is 2. The molecule has 0 spiro atoms. The lowest BCUT2D eigenvalue weighted by Crippen LogP contribution is -2.51. The Balaban J connectivity index is 1.87. The summed E-state index contributed by atoms with van der Waals surface area (Å²) in [5, 5.41) is 6.67. The summed E-state index contributed by atoms with van der Waals surface area (Å²) in [4.78, 5) is 31.0. The van der Waals surface area contributed by atoms with E-state index in [2.05, 4.69) is 15.6 Å². The summed E-state index contributed by atoms with van der Waals surface area (Å²) in [6.45, 7) is 2.84. The molecule has 2 amide bonds. The van der Waals surface area contributed by atoms with Crippen molar-refractivity contribution < 1.29 is 19.1 Å². The largest absolute Gasteiger partial charge is 0.453 e. The van der Waals surface area contributed by atoms with Gasteiger partial charge >= 0.3 is 6.09 Å². The molecule has 2 rings (SSSR count). The summed E-state index contributed by atoms with van der Waals surface area (Å²) in [7, 11) is 4.83. The number of rotatable bonds is 5. The second kappa shape index (κ2) is 10.2. The molecule has 0 aromatic rings. The molecule has 0 bridgehead atoms.